The van der Waals surface area contributed by atoms with Crippen molar-refractivity contribution in [2.75, 3.05) is 18.8 Å². The fourth-order valence-corrected chi connectivity index (χ4v) is 3.87. The quantitative estimate of drug-likeness (QED) is 0.886. The molecule has 0 radical (unpaired) electrons. The molecule has 1 saturated heterocycles. The Labute approximate surface area is 129 Å². The van der Waals surface area contributed by atoms with E-state index in [1.807, 2.05) is 29.2 Å². The Morgan fingerprint density at radius 3 is 2.76 bits per heavy atom. The maximum Gasteiger partial charge on any atom is 0.233 e. The Hall–Kier alpha value is -1.49. The smallest absolute Gasteiger partial charge is 0.233 e. The summed E-state index contributed by atoms with van der Waals surface area (Å²) in [6.07, 6.45) is 1.22. The van der Waals surface area contributed by atoms with E-state index in [2.05, 4.69) is 23.8 Å². The number of aromatic amines is 1. The lowest BCUT2D eigenvalue weighted by atomic mass is 9.92. The van der Waals surface area contributed by atoms with Crippen LogP contribution in [0, 0.1) is 11.8 Å². The summed E-state index contributed by atoms with van der Waals surface area (Å²) in [7, 11) is 0. The number of rotatable bonds is 3. The molecule has 1 aromatic heterocycles. The first-order valence-corrected chi connectivity index (χ1v) is 8.45. The van der Waals surface area contributed by atoms with Crippen molar-refractivity contribution in [1.82, 2.24) is 14.9 Å². The normalized spacial score (nSPS) is 22.7. The van der Waals surface area contributed by atoms with Crippen LogP contribution in [0.2, 0.25) is 0 Å². The largest absolute Gasteiger partial charge is 0.341 e. The molecule has 1 amide bonds. The van der Waals surface area contributed by atoms with Gasteiger partial charge >= 0.3 is 0 Å². The molecule has 112 valence electrons. The summed E-state index contributed by atoms with van der Waals surface area (Å²) in [5.74, 6) is 1.89. The van der Waals surface area contributed by atoms with Crippen LogP contribution in [0.4, 0.5) is 0 Å². The lowest BCUT2D eigenvalue weighted by molar-refractivity contribution is -0.130. The number of fused-ring (bicyclic) bond motifs is 1. The first kappa shape index (κ1) is 14.4. The van der Waals surface area contributed by atoms with Crippen molar-refractivity contribution in [3.8, 4) is 0 Å². The number of benzene rings is 1. The highest BCUT2D eigenvalue weighted by atomic mass is 32.2. The van der Waals surface area contributed by atoms with E-state index in [9.17, 15) is 4.79 Å². The topological polar surface area (TPSA) is 49.0 Å². The molecule has 1 fully saturated rings. The molecule has 4 nitrogen and oxygen atoms in total. The number of para-hydroxylation sites is 2. The van der Waals surface area contributed by atoms with Crippen LogP contribution < -0.4 is 0 Å². The summed E-state index contributed by atoms with van der Waals surface area (Å²) in [5.41, 5.74) is 1.97. The number of aromatic nitrogens is 2. The Morgan fingerprint density at radius 2 is 2.05 bits per heavy atom. The van der Waals surface area contributed by atoms with E-state index in [4.69, 9.17) is 0 Å². The van der Waals surface area contributed by atoms with Crippen LogP contribution >= 0.6 is 11.8 Å². The van der Waals surface area contributed by atoms with Crippen LogP contribution in [-0.2, 0) is 4.79 Å². The van der Waals surface area contributed by atoms with Gasteiger partial charge in [-0.15, -0.1) is 0 Å². The van der Waals surface area contributed by atoms with Gasteiger partial charge in [-0.25, -0.2) is 4.98 Å². The maximum absolute atomic E-state index is 12.3. The Balaban J connectivity index is 1.60. The maximum atomic E-state index is 12.3. The second-order valence-corrected chi connectivity index (χ2v) is 7.06. The molecule has 3 rings (SSSR count). The van der Waals surface area contributed by atoms with Gasteiger partial charge in [-0.3, -0.25) is 4.79 Å². The summed E-state index contributed by atoms with van der Waals surface area (Å²) >= 11 is 1.49. The number of nitrogens with one attached hydrogen (secondary N) is 1. The summed E-state index contributed by atoms with van der Waals surface area (Å²) < 4.78 is 0. The Kier molecular flexibility index (Phi) is 4.19. The number of imidazole rings is 1. The van der Waals surface area contributed by atoms with Gasteiger partial charge in [0.2, 0.25) is 5.91 Å². The molecule has 2 aromatic rings. The second kappa shape index (κ2) is 6.10. The number of nitrogens with zero attached hydrogens (tertiary/aromatic N) is 2. The molecule has 2 atom stereocenters. The van der Waals surface area contributed by atoms with Gasteiger partial charge in [-0.05, 0) is 30.4 Å². The fourth-order valence-electron chi connectivity index (χ4n) is 3.09. The van der Waals surface area contributed by atoms with Gasteiger partial charge in [0.05, 0.1) is 16.8 Å². The van der Waals surface area contributed by atoms with Crippen LogP contribution in [0.15, 0.2) is 29.4 Å². The van der Waals surface area contributed by atoms with Gasteiger partial charge in [-0.1, -0.05) is 37.7 Å². The minimum atomic E-state index is 0.221. The molecule has 1 aliphatic rings. The van der Waals surface area contributed by atoms with E-state index in [0.717, 1.165) is 29.3 Å². The van der Waals surface area contributed by atoms with Crippen LogP contribution in [0.1, 0.15) is 20.3 Å². The predicted molar refractivity (Wildman–Crippen MR) is 86.3 cm³/mol. The number of carbonyl (C=O) groups excluding carboxylic acids is 1. The van der Waals surface area contributed by atoms with E-state index in [1.165, 1.54) is 18.2 Å². The lowest BCUT2D eigenvalue weighted by Gasteiger charge is -2.34. The van der Waals surface area contributed by atoms with Gasteiger partial charge in [0.15, 0.2) is 5.16 Å². The van der Waals surface area contributed by atoms with Crippen molar-refractivity contribution in [3.63, 3.8) is 0 Å². The summed E-state index contributed by atoms with van der Waals surface area (Å²) in [6, 6.07) is 7.93. The summed E-state index contributed by atoms with van der Waals surface area (Å²) in [5, 5.41) is 0.822. The van der Waals surface area contributed by atoms with E-state index in [-0.39, 0.29) is 5.91 Å². The van der Waals surface area contributed by atoms with Gasteiger partial charge in [-0.2, -0.15) is 0 Å². The minimum absolute atomic E-state index is 0.221. The number of hydrogen-bond acceptors (Lipinski definition) is 3. The average molecular weight is 303 g/mol. The SMILES string of the molecule is C[C@@H]1C[C@@H](C)CN(C(=O)CSc2nc3ccccc3[nH]2)C1. The van der Waals surface area contributed by atoms with Crippen molar-refractivity contribution < 1.29 is 4.79 Å². The molecule has 2 heterocycles. The van der Waals surface area contributed by atoms with E-state index in [0.29, 0.717) is 17.6 Å². The monoisotopic (exact) mass is 303 g/mol. The van der Waals surface area contributed by atoms with Crippen LogP contribution in [-0.4, -0.2) is 39.6 Å². The predicted octanol–water partition coefficient (Wildman–Crippen LogP) is 3.16. The first-order valence-electron chi connectivity index (χ1n) is 7.47. The minimum Gasteiger partial charge on any atom is -0.341 e. The molecule has 0 bridgehead atoms. The van der Waals surface area contributed by atoms with Crippen molar-refractivity contribution in [2.45, 2.75) is 25.4 Å². The highest BCUT2D eigenvalue weighted by molar-refractivity contribution is 7.99. The molecule has 5 heteroatoms. The second-order valence-electron chi connectivity index (χ2n) is 6.09. The zero-order chi connectivity index (χ0) is 14.8. The number of amides is 1. The number of piperidine rings is 1. The summed E-state index contributed by atoms with van der Waals surface area (Å²) in [6.45, 7) is 6.23. The van der Waals surface area contributed by atoms with E-state index >= 15 is 0 Å². The van der Waals surface area contributed by atoms with E-state index < -0.39 is 0 Å². The average Bonchev–Trinajstić information content (AvgIpc) is 2.86. The van der Waals surface area contributed by atoms with Crippen LogP contribution in [0.3, 0.4) is 0 Å². The van der Waals surface area contributed by atoms with Crippen molar-refractivity contribution in [3.05, 3.63) is 24.3 Å². The molecule has 1 aromatic carbocycles. The number of carbonyl (C=O) groups is 1. The highest BCUT2D eigenvalue weighted by Crippen LogP contribution is 2.23. The fraction of sp³-hybridized carbons (Fsp3) is 0.500. The van der Waals surface area contributed by atoms with Gasteiger partial charge < -0.3 is 9.88 Å². The lowest BCUT2D eigenvalue weighted by Crippen LogP contribution is -2.43. The van der Waals surface area contributed by atoms with Crippen LogP contribution in [0.25, 0.3) is 11.0 Å². The molecule has 0 aliphatic carbocycles. The van der Waals surface area contributed by atoms with Crippen LogP contribution in [0.5, 0.6) is 0 Å². The molecular weight excluding hydrogens is 282 g/mol. The van der Waals surface area contributed by atoms with Gasteiger partial charge in [0.25, 0.3) is 0 Å². The first-order chi connectivity index (χ1) is 10.1. The third kappa shape index (κ3) is 3.40. The number of thioether (sulfide) groups is 1. The van der Waals surface area contributed by atoms with Gasteiger partial charge in [0, 0.05) is 13.1 Å². The third-order valence-electron chi connectivity index (χ3n) is 3.92. The molecule has 0 spiro atoms. The number of likely N-dealkylation sites (tertiary alicyclic amines) is 1. The summed E-state index contributed by atoms with van der Waals surface area (Å²) in [4.78, 5) is 22.1. The number of H-pyrrole nitrogens is 1. The Bertz CT molecular complexity index is 596. The molecule has 0 unspecified atom stereocenters. The molecule has 1 aliphatic heterocycles. The molecule has 21 heavy (non-hydrogen) atoms. The zero-order valence-electron chi connectivity index (χ0n) is 12.5. The third-order valence-corrected chi connectivity index (χ3v) is 4.78. The van der Waals surface area contributed by atoms with Crippen molar-refractivity contribution in [1.29, 1.82) is 0 Å². The van der Waals surface area contributed by atoms with Crippen molar-refractivity contribution in [2.24, 2.45) is 11.8 Å². The van der Waals surface area contributed by atoms with E-state index in [1.54, 1.807) is 0 Å². The molecular formula is C16H21N3OS. The standard InChI is InChI=1S/C16H21N3OS/c1-11-7-12(2)9-19(8-11)15(20)10-21-16-17-13-5-3-4-6-14(13)18-16/h3-6,11-12H,7-10H2,1-2H3,(H,17,18)/t11-,12-/m1/s1. The number of hydrogen-bond donors (Lipinski definition) is 1. The molecule has 1 N–H and O–H groups in total. The Morgan fingerprint density at radius 1 is 1.33 bits per heavy atom. The molecule has 0 saturated carbocycles. The van der Waals surface area contributed by atoms with Gasteiger partial charge in [0.1, 0.15) is 0 Å². The highest BCUT2D eigenvalue weighted by Gasteiger charge is 2.25. The zero-order valence-corrected chi connectivity index (χ0v) is 13.3. The van der Waals surface area contributed by atoms with Crippen molar-refractivity contribution >= 4 is 28.7 Å².